The summed E-state index contributed by atoms with van der Waals surface area (Å²) in [6.07, 6.45) is 0. The van der Waals surface area contributed by atoms with Gasteiger partial charge in [0, 0.05) is 19.9 Å². The first-order chi connectivity index (χ1) is 10.4. The number of hydrogen-bond donors (Lipinski definition) is 2. The molecular formula is C15H17N3O4. The van der Waals surface area contributed by atoms with E-state index in [4.69, 9.17) is 4.74 Å². The topological polar surface area (TPSA) is 96.7 Å². The molecule has 0 spiro atoms. The molecule has 0 aliphatic rings. The van der Waals surface area contributed by atoms with Gasteiger partial charge in [0.2, 0.25) is 0 Å². The van der Waals surface area contributed by atoms with Crippen LogP contribution >= 0.6 is 0 Å². The van der Waals surface area contributed by atoms with Gasteiger partial charge >= 0.3 is 5.97 Å². The summed E-state index contributed by atoms with van der Waals surface area (Å²) in [5.74, 6) is -1.08. The molecule has 1 aromatic heterocycles. The van der Waals surface area contributed by atoms with E-state index in [9.17, 15) is 14.7 Å². The van der Waals surface area contributed by atoms with Gasteiger partial charge in [-0.05, 0) is 24.6 Å². The number of nitrogens with one attached hydrogen (secondary N) is 1. The van der Waals surface area contributed by atoms with E-state index in [0.717, 1.165) is 0 Å². The predicted octanol–water partition coefficient (Wildman–Crippen LogP) is 1.20. The number of carboxylic acid groups (broad SMARTS) is 1. The number of methoxy groups -OCH3 is 1. The zero-order valence-electron chi connectivity index (χ0n) is 12.6. The Labute approximate surface area is 126 Å². The normalized spacial score (nSPS) is 11.9. The molecule has 0 aliphatic carbocycles. The van der Waals surface area contributed by atoms with Crippen LogP contribution in [-0.4, -0.2) is 34.8 Å². The molecule has 0 amide bonds. The summed E-state index contributed by atoms with van der Waals surface area (Å²) in [5, 5.41) is 9.31. The number of aromatic carboxylic acids is 1. The van der Waals surface area contributed by atoms with Gasteiger partial charge in [-0.25, -0.2) is 4.79 Å². The van der Waals surface area contributed by atoms with Crippen LogP contribution in [0.2, 0.25) is 0 Å². The fourth-order valence-corrected chi connectivity index (χ4v) is 2.37. The smallest absolute Gasteiger partial charge is 0.336 e. The van der Waals surface area contributed by atoms with Crippen molar-refractivity contribution in [1.82, 2.24) is 9.55 Å². The maximum Gasteiger partial charge on any atom is 0.336 e. The second-order valence-corrected chi connectivity index (χ2v) is 4.84. The average molecular weight is 303 g/mol. The number of fused-ring (bicyclic) bond motifs is 1. The zero-order valence-corrected chi connectivity index (χ0v) is 12.6. The fourth-order valence-electron chi connectivity index (χ4n) is 2.37. The lowest BCUT2D eigenvalue weighted by molar-refractivity contribution is 0.0692. The largest absolute Gasteiger partial charge is 0.478 e. The molecule has 1 aromatic carbocycles. The molecule has 2 rings (SSSR count). The van der Waals surface area contributed by atoms with Gasteiger partial charge in [0.25, 0.3) is 5.56 Å². The lowest BCUT2D eigenvalue weighted by atomic mass is 10.1. The molecule has 2 N–H and O–H groups in total. The van der Waals surface area contributed by atoms with Crippen molar-refractivity contribution in [3.63, 3.8) is 0 Å². The van der Waals surface area contributed by atoms with Crippen LogP contribution in [-0.2, 0) is 11.3 Å². The lowest BCUT2D eigenvalue weighted by Gasteiger charge is -2.14. The third-order valence-corrected chi connectivity index (χ3v) is 3.25. The van der Waals surface area contributed by atoms with E-state index in [1.807, 2.05) is 0 Å². The first-order valence-electron chi connectivity index (χ1n) is 6.53. The van der Waals surface area contributed by atoms with Crippen LogP contribution < -0.4 is 11.0 Å². The first-order valence-corrected chi connectivity index (χ1v) is 6.53. The van der Waals surface area contributed by atoms with Crippen LogP contribution in [0, 0.1) is 0 Å². The van der Waals surface area contributed by atoms with Gasteiger partial charge in [-0.15, -0.1) is 0 Å². The molecule has 1 heterocycles. The Kier molecular flexibility index (Phi) is 4.27. The molecule has 7 heteroatoms. The monoisotopic (exact) mass is 303 g/mol. The van der Waals surface area contributed by atoms with Crippen LogP contribution in [0.25, 0.3) is 16.7 Å². The van der Waals surface area contributed by atoms with Gasteiger partial charge in [0.15, 0.2) is 5.49 Å². The van der Waals surface area contributed by atoms with Crippen molar-refractivity contribution in [2.24, 2.45) is 4.99 Å². The maximum absolute atomic E-state index is 12.1. The molecule has 0 atom stereocenters. The van der Waals surface area contributed by atoms with E-state index >= 15 is 0 Å². The van der Waals surface area contributed by atoms with Crippen molar-refractivity contribution in [3.05, 3.63) is 45.7 Å². The van der Waals surface area contributed by atoms with E-state index in [-0.39, 0.29) is 17.7 Å². The molecular weight excluding hydrogens is 286 g/mol. The summed E-state index contributed by atoms with van der Waals surface area (Å²) in [7, 11) is 3.00. The summed E-state index contributed by atoms with van der Waals surface area (Å²) in [4.78, 5) is 30.1. The van der Waals surface area contributed by atoms with Crippen LogP contribution in [0.1, 0.15) is 22.8 Å². The van der Waals surface area contributed by atoms with Crippen molar-refractivity contribution in [2.75, 3.05) is 14.2 Å². The van der Waals surface area contributed by atoms with Crippen LogP contribution in [0.15, 0.2) is 28.5 Å². The Bertz CT molecular complexity index is 890. The molecule has 0 unspecified atom stereocenters. The standard InChI is InChI=1S/C15H17N3O4/c1-8(2)18-12-5-9(7-22-4)10(15(20)21)6-11(12)17-14(19)13(18)16-3/h5-6H,1,7H2,2-4H3,(H,17,19)(H,20,21)/b16-13-. The number of ether oxygens (including phenoxy) is 1. The highest BCUT2D eigenvalue weighted by Crippen LogP contribution is 2.19. The Hall–Kier alpha value is -2.67. The average Bonchev–Trinajstić information content (AvgIpc) is 2.45. The van der Waals surface area contributed by atoms with Gasteiger partial charge in [-0.3, -0.25) is 14.4 Å². The number of aromatic amines is 1. The summed E-state index contributed by atoms with van der Waals surface area (Å²) in [5.41, 5.74) is 2.00. The Morgan fingerprint density at radius 2 is 2.18 bits per heavy atom. The van der Waals surface area contributed by atoms with Gasteiger partial charge in [0.1, 0.15) is 0 Å². The molecule has 0 aliphatic heterocycles. The number of aromatic nitrogens is 2. The summed E-state index contributed by atoms with van der Waals surface area (Å²) < 4.78 is 6.65. The second-order valence-electron chi connectivity index (χ2n) is 4.84. The molecule has 0 bridgehead atoms. The minimum atomic E-state index is -1.08. The number of allylic oxidation sites excluding steroid dienone is 1. The highest BCUT2D eigenvalue weighted by atomic mass is 16.5. The van der Waals surface area contributed by atoms with Gasteiger partial charge in [-0.1, -0.05) is 6.58 Å². The van der Waals surface area contributed by atoms with Crippen molar-refractivity contribution in [1.29, 1.82) is 0 Å². The Balaban J connectivity index is 3.02. The van der Waals surface area contributed by atoms with E-state index in [1.165, 1.54) is 20.2 Å². The minimum Gasteiger partial charge on any atom is -0.478 e. The SMILES string of the molecule is C=C(C)n1/c(=N\C)c(=O)[nH]c2cc(C(=O)O)c(COC)cc21. The van der Waals surface area contributed by atoms with Crippen LogP contribution in [0.4, 0.5) is 0 Å². The third-order valence-electron chi connectivity index (χ3n) is 3.25. The number of nitrogens with zero attached hydrogens (tertiary/aromatic N) is 2. The first kappa shape index (κ1) is 15.7. The molecule has 0 saturated carbocycles. The maximum atomic E-state index is 12.1. The summed E-state index contributed by atoms with van der Waals surface area (Å²) in [6, 6.07) is 3.09. The number of benzene rings is 1. The van der Waals surface area contributed by atoms with Crippen molar-refractivity contribution in [2.45, 2.75) is 13.5 Å². The number of rotatable bonds is 4. The summed E-state index contributed by atoms with van der Waals surface area (Å²) in [6.45, 7) is 5.75. The molecule has 7 nitrogen and oxygen atoms in total. The van der Waals surface area contributed by atoms with Crippen LogP contribution in [0.5, 0.6) is 0 Å². The van der Waals surface area contributed by atoms with E-state index in [0.29, 0.717) is 22.3 Å². The zero-order chi connectivity index (χ0) is 16.4. The Morgan fingerprint density at radius 1 is 1.50 bits per heavy atom. The third kappa shape index (κ3) is 2.58. The van der Waals surface area contributed by atoms with E-state index in [1.54, 1.807) is 17.6 Å². The van der Waals surface area contributed by atoms with Crippen molar-refractivity contribution >= 4 is 22.7 Å². The van der Waals surface area contributed by atoms with E-state index < -0.39 is 11.5 Å². The van der Waals surface area contributed by atoms with Gasteiger partial charge in [-0.2, -0.15) is 0 Å². The number of carbonyl (C=O) groups is 1. The lowest BCUT2D eigenvalue weighted by Crippen LogP contribution is -2.37. The quantitative estimate of drug-likeness (QED) is 0.886. The fraction of sp³-hybridized carbons (Fsp3) is 0.267. The Morgan fingerprint density at radius 3 is 2.68 bits per heavy atom. The number of H-pyrrole nitrogens is 1. The number of hydrogen-bond acceptors (Lipinski definition) is 4. The highest BCUT2D eigenvalue weighted by molar-refractivity contribution is 5.94. The molecule has 116 valence electrons. The van der Waals surface area contributed by atoms with Crippen LogP contribution in [0.3, 0.4) is 0 Å². The molecule has 0 saturated heterocycles. The number of carboxylic acids is 1. The molecule has 2 aromatic rings. The van der Waals surface area contributed by atoms with Gasteiger partial charge < -0.3 is 14.8 Å². The molecule has 0 fully saturated rings. The molecule has 22 heavy (non-hydrogen) atoms. The van der Waals surface area contributed by atoms with Crippen molar-refractivity contribution in [3.8, 4) is 0 Å². The predicted molar refractivity (Wildman–Crippen MR) is 82.7 cm³/mol. The summed E-state index contributed by atoms with van der Waals surface area (Å²) >= 11 is 0. The minimum absolute atomic E-state index is 0.0828. The highest BCUT2D eigenvalue weighted by Gasteiger charge is 2.15. The van der Waals surface area contributed by atoms with Crippen molar-refractivity contribution < 1.29 is 14.6 Å². The van der Waals surface area contributed by atoms with E-state index in [2.05, 4.69) is 16.6 Å². The van der Waals surface area contributed by atoms with Gasteiger partial charge in [0.05, 0.1) is 23.2 Å². The molecule has 0 radical (unpaired) electrons. The second kappa shape index (κ2) is 5.98.